The monoisotopic (exact) mass is 405 g/mol. The quantitative estimate of drug-likeness (QED) is 0.735. The highest BCUT2D eigenvalue weighted by Crippen LogP contribution is 2.27. The van der Waals surface area contributed by atoms with Gasteiger partial charge in [0.1, 0.15) is 5.03 Å². The van der Waals surface area contributed by atoms with Gasteiger partial charge in [0, 0.05) is 30.5 Å². The van der Waals surface area contributed by atoms with Gasteiger partial charge in [0.2, 0.25) is 0 Å². The van der Waals surface area contributed by atoms with E-state index >= 15 is 0 Å². The van der Waals surface area contributed by atoms with Crippen molar-refractivity contribution in [2.75, 3.05) is 18.4 Å². The molecular formula is C20H21F2N3O2S. The third-order valence-corrected chi connectivity index (χ3v) is 5.23. The van der Waals surface area contributed by atoms with Crippen LogP contribution < -0.4 is 5.32 Å². The van der Waals surface area contributed by atoms with Crippen LogP contribution >= 0.6 is 11.8 Å². The maximum atomic E-state index is 12.6. The van der Waals surface area contributed by atoms with Crippen LogP contribution in [-0.4, -0.2) is 40.5 Å². The highest BCUT2D eigenvalue weighted by atomic mass is 32.2. The molecule has 1 aliphatic rings. The standard InChI is InChI=1S/C20H21F2N3O2S/c21-20(22)28-18-16(6-5-11-23-18)17(26)24-15-9-7-14(8-10-15)19(27)25-12-3-1-2-4-13-25/h5-11,20H,1-4,12-13H2,(H,24,26). The van der Waals surface area contributed by atoms with E-state index in [-0.39, 0.29) is 28.3 Å². The van der Waals surface area contributed by atoms with Crippen LogP contribution in [0.25, 0.3) is 0 Å². The number of anilines is 1. The van der Waals surface area contributed by atoms with E-state index in [0.29, 0.717) is 11.3 Å². The number of alkyl halides is 2. The van der Waals surface area contributed by atoms with Crippen molar-refractivity contribution in [3.8, 4) is 0 Å². The van der Waals surface area contributed by atoms with Gasteiger partial charge < -0.3 is 10.2 Å². The maximum Gasteiger partial charge on any atom is 0.290 e. The molecule has 2 aromatic rings. The lowest BCUT2D eigenvalue weighted by Crippen LogP contribution is -2.31. The highest BCUT2D eigenvalue weighted by molar-refractivity contribution is 7.99. The van der Waals surface area contributed by atoms with Crippen molar-refractivity contribution in [3.05, 3.63) is 53.7 Å². The Morgan fingerprint density at radius 2 is 1.71 bits per heavy atom. The van der Waals surface area contributed by atoms with Crippen LogP contribution in [0.4, 0.5) is 14.5 Å². The van der Waals surface area contributed by atoms with Crippen LogP contribution in [0.5, 0.6) is 0 Å². The van der Waals surface area contributed by atoms with Crippen LogP contribution in [0.2, 0.25) is 0 Å². The Labute approximate surface area is 166 Å². The molecule has 5 nitrogen and oxygen atoms in total. The molecule has 148 valence electrons. The smallest absolute Gasteiger partial charge is 0.290 e. The normalized spacial score (nSPS) is 14.6. The molecule has 0 unspecified atom stereocenters. The number of hydrogen-bond donors (Lipinski definition) is 1. The molecule has 0 aliphatic carbocycles. The van der Waals surface area contributed by atoms with Crippen molar-refractivity contribution in [3.63, 3.8) is 0 Å². The van der Waals surface area contributed by atoms with Crippen molar-refractivity contribution in [1.29, 1.82) is 0 Å². The first-order chi connectivity index (χ1) is 13.5. The minimum Gasteiger partial charge on any atom is -0.339 e. The van der Waals surface area contributed by atoms with E-state index in [4.69, 9.17) is 0 Å². The van der Waals surface area contributed by atoms with Crippen LogP contribution in [-0.2, 0) is 0 Å². The summed E-state index contributed by atoms with van der Waals surface area (Å²) in [7, 11) is 0. The number of nitrogens with zero attached hydrogens (tertiary/aromatic N) is 2. The van der Waals surface area contributed by atoms with Gasteiger partial charge in [0.05, 0.1) is 5.56 Å². The number of thioether (sulfide) groups is 1. The number of pyridine rings is 1. The van der Waals surface area contributed by atoms with E-state index in [0.717, 1.165) is 38.8 Å². The van der Waals surface area contributed by atoms with Crippen molar-refractivity contribution >= 4 is 29.3 Å². The van der Waals surface area contributed by atoms with Crippen molar-refractivity contribution in [1.82, 2.24) is 9.88 Å². The minimum atomic E-state index is -2.66. The van der Waals surface area contributed by atoms with E-state index in [1.165, 1.54) is 18.3 Å². The summed E-state index contributed by atoms with van der Waals surface area (Å²) in [5.74, 6) is -3.20. The Morgan fingerprint density at radius 1 is 1.04 bits per heavy atom. The van der Waals surface area contributed by atoms with Crippen molar-refractivity contribution in [2.24, 2.45) is 0 Å². The summed E-state index contributed by atoms with van der Waals surface area (Å²) in [6.45, 7) is 1.53. The Hall–Kier alpha value is -2.48. The molecule has 0 radical (unpaired) electrons. The average Bonchev–Trinajstić information content (AvgIpc) is 2.97. The number of amides is 2. The summed E-state index contributed by atoms with van der Waals surface area (Å²) >= 11 is 0.232. The third-order valence-electron chi connectivity index (χ3n) is 4.50. The summed E-state index contributed by atoms with van der Waals surface area (Å²) in [5.41, 5.74) is 1.13. The largest absolute Gasteiger partial charge is 0.339 e. The fraction of sp³-hybridized carbons (Fsp3) is 0.350. The van der Waals surface area contributed by atoms with Crippen molar-refractivity contribution in [2.45, 2.75) is 36.5 Å². The second kappa shape index (κ2) is 9.64. The first-order valence-electron chi connectivity index (χ1n) is 9.15. The van der Waals surface area contributed by atoms with Gasteiger partial charge in [-0.05, 0) is 61.0 Å². The Morgan fingerprint density at radius 3 is 2.36 bits per heavy atom. The second-order valence-electron chi connectivity index (χ2n) is 6.47. The molecule has 0 bridgehead atoms. The van der Waals surface area contributed by atoms with Crippen LogP contribution in [0.3, 0.4) is 0 Å². The second-order valence-corrected chi connectivity index (χ2v) is 7.45. The lowest BCUT2D eigenvalue weighted by molar-refractivity contribution is 0.0761. The molecule has 8 heteroatoms. The number of halogens is 2. The summed E-state index contributed by atoms with van der Waals surface area (Å²) in [5, 5.41) is 2.64. The molecule has 0 spiro atoms. The summed E-state index contributed by atoms with van der Waals surface area (Å²) < 4.78 is 25.3. The number of aromatic nitrogens is 1. The van der Waals surface area contributed by atoms with Gasteiger partial charge >= 0.3 is 0 Å². The summed E-state index contributed by atoms with van der Waals surface area (Å²) in [6.07, 6.45) is 5.70. The molecule has 1 aliphatic heterocycles. The first-order valence-corrected chi connectivity index (χ1v) is 10.0. The van der Waals surface area contributed by atoms with Gasteiger partial charge in [-0.15, -0.1) is 0 Å². The highest BCUT2D eigenvalue weighted by Gasteiger charge is 2.19. The van der Waals surface area contributed by atoms with Gasteiger partial charge in [0.25, 0.3) is 17.6 Å². The Bertz CT molecular complexity index is 822. The van der Waals surface area contributed by atoms with Gasteiger partial charge in [-0.25, -0.2) is 4.98 Å². The molecule has 2 heterocycles. The predicted octanol–water partition coefficient (Wildman–Crippen LogP) is 4.66. The number of hydrogen-bond acceptors (Lipinski definition) is 4. The van der Waals surface area contributed by atoms with E-state index in [2.05, 4.69) is 10.3 Å². The van der Waals surface area contributed by atoms with Crippen LogP contribution in [0.15, 0.2) is 47.6 Å². The zero-order valence-electron chi connectivity index (χ0n) is 15.2. The summed E-state index contributed by atoms with van der Waals surface area (Å²) in [6, 6.07) is 9.58. The van der Waals surface area contributed by atoms with E-state index in [1.54, 1.807) is 24.3 Å². The average molecular weight is 405 g/mol. The number of rotatable bonds is 5. The number of benzene rings is 1. The number of likely N-dealkylation sites (tertiary alicyclic amines) is 1. The van der Waals surface area contributed by atoms with Crippen LogP contribution in [0, 0.1) is 0 Å². The first kappa shape index (κ1) is 20.3. The third kappa shape index (κ3) is 5.28. The van der Waals surface area contributed by atoms with Gasteiger partial charge in [-0.2, -0.15) is 8.78 Å². The Kier molecular flexibility index (Phi) is 6.97. The number of nitrogens with one attached hydrogen (secondary N) is 1. The molecule has 1 aromatic heterocycles. The van der Waals surface area contributed by atoms with Gasteiger partial charge in [-0.1, -0.05) is 12.8 Å². The van der Waals surface area contributed by atoms with Gasteiger partial charge in [0.15, 0.2) is 0 Å². The van der Waals surface area contributed by atoms with Crippen LogP contribution in [0.1, 0.15) is 46.4 Å². The molecule has 0 atom stereocenters. The maximum absolute atomic E-state index is 12.6. The van der Waals surface area contributed by atoms with E-state index in [9.17, 15) is 18.4 Å². The summed E-state index contributed by atoms with van der Waals surface area (Å²) in [4.78, 5) is 30.8. The fourth-order valence-corrected chi connectivity index (χ4v) is 3.67. The molecule has 2 amide bonds. The number of carbonyl (C=O) groups excluding carboxylic acids is 2. The topological polar surface area (TPSA) is 62.3 Å². The fourth-order valence-electron chi connectivity index (χ4n) is 3.09. The molecule has 1 aromatic carbocycles. The van der Waals surface area contributed by atoms with E-state index < -0.39 is 11.7 Å². The minimum absolute atomic E-state index is 0.0114. The van der Waals surface area contributed by atoms with Gasteiger partial charge in [-0.3, -0.25) is 9.59 Å². The SMILES string of the molecule is O=C(Nc1ccc(C(=O)N2CCCCCC2)cc1)c1cccnc1SC(F)F. The molecule has 3 rings (SSSR count). The zero-order chi connectivity index (χ0) is 19.9. The lowest BCUT2D eigenvalue weighted by Gasteiger charge is -2.20. The lowest BCUT2D eigenvalue weighted by atomic mass is 10.1. The zero-order valence-corrected chi connectivity index (χ0v) is 16.1. The predicted molar refractivity (Wildman–Crippen MR) is 105 cm³/mol. The molecular weight excluding hydrogens is 384 g/mol. The van der Waals surface area contributed by atoms with Crippen molar-refractivity contribution < 1.29 is 18.4 Å². The molecule has 28 heavy (non-hydrogen) atoms. The molecule has 1 N–H and O–H groups in total. The molecule has 1 fully saturated rings. The van der Waals surface area contributed by atoms with E-state index in [1.807, 2.05) is 4.90 Å². The molecule has 1 saturated heterocycles. The molecule has 0 saturated carbocycles. The number of carbonyl (C=O) groups is 2. The Balaban J connectivity index is 1.67.